The maximum atomic E-state index is 11.1. The summed E-state index contributed by atoms with van der Waals surface area (Å²) in [5, 5.41) is 33.9. The highest BCUT2D eigenvalue weighted by Crippen LogP contribution is 2.32. The number of ether oxygens (including phenoxy) is 2. The molecule has 14 heteroatoms. The van der Waals surface area contributed by atoms with Crippen molar-refractivity contribution in [1.29, 1.82) is 0 Å². The number of hydrogen-bond acceptors (Lipinski definition) is 10. The first-order valence-corrected chi connectivity index (χ1v) is 18.7. The molecule has 0 spiro atoms. The van der Waals surface area contributed by atoms with Gasteiger partial charge in [-0.05, 0) is 82.9 Å². The summed E-state index contributed by atoms with van der Waals surface area (Å²) in [4.78, 5) is 48.6. The number of thioether (sulfide) groups is 2. The van der Waals surface area contributed by atoms with Crippen molar-refractivity contribution in [2.45, 2.75) is 36.0 Å². The quantitative estimate of drug-likeness (QED) is 0.125. The molecule has 0 radical (unpaired) electrons. The van der Waals surface area contributed by atoms with Crippen LogP contribution in [-0.4, -0.2) is 92.9 Å². The van der Waals surface area contributed by atoms with Crippen LogP contribution in [0.25, 0.3) is 0 Å². The fourth-order valence-corrected chi connectivity index (χ4v) is 7.72. The Kier molecular flexibility index (Phi) is 16.0. The number of carbonyl (C=O) groups is 4. The Labute approximate surface area is 322 Å². The van der Waals surface area contributed by atoms with Gasteiger partial charge in [0.25, 0.3) is 0 Å². The summed E-state index contributed by atoms with van der Waals surface area (Å²) in [5.74, 6) is -0.477. The molecule has 0 unspecified atom stereocenters. The summed E-state index contributed by atoms with van der Waals surface area (Å²) in [6.07, 6.45) is 1.12. The van der Waals surface area contributed by atoms with Crippen molar-refractivity contribution in [3.63, 3.8) is 0 Å². The van der Waals surface area contributed by atoms with Crippen LogP contribution < -0.4 is 9.47 Å². The smallest absolute Gasteiger partial charge is 0.335 e. The third kappa shape index (κ3) is 13.3. The maximum Gasteiger partial charge on any atom is 0.335 e. The van der Waals surface area contributed by atoms with E-state index in [2.05, 4.69) is 34.1 Å². The Morgan fingerprint density at radius 3 is 1.37 bits per heavy atom. The summed E-state index contributed by atoms with van der Waals surface area (Å²) >= 11 is 3.72. The fourth-order valence-electron chi connectivity index (χ4n) is 5.64. The van der Waals surface area contributed by atoms with Gasteiger partial charge in [0.2, 0.25) is 0 Å². The van der Waals surface area contributed by atoms with Gasteiger partial charge in [-0.3, -0.25) is 9.80 Å². The van der Waals surface area contributed by atoms with Gasteiger partial charge in [0.15, 0.2) is 0 Å². The Bertz CT molecular complexity index is 1830. The lowest BCUT2D eigenvalue weighted by atomic mass is 10.1. The molecule has 6 rings (SSSR count). The van der Waals surface area contributed by atoms with Gasteiger partial charge in [0.05, 0.1) is 25.3 Å². The van der Waals surface area contributed by atoms with E-state index >= 15 is 0 Å². The van der Waals surface area contributed by atoms with Crippen LogP contribution in [0.2, 0.25) is 0 Å². The van der Waals surface area contributed by atoms with E-state index in [1.807, 2.05) is 59.9 Å². The molecule has 4 aromatic rings. The van der Waals surface area contributed by atoms with Crippen LogP contribution in [0, 0.1) is 0 Å². The van der Waals surface area contributed by atoms with Gasteiger partial charge in [-0.25, -0.2) is 19.2 Å². The fraction of sp³-hybridized carbons (Fsp3) is 0.250. The van der Waals surface area contributed by atoms with Gasteiger partial charge >= 0.3 is 23.9 Å². The highest BCUT2D eigenvalue weighted by Gasteiger charge is 2.18. The molecule has 0 fully saturated rings. The summed E-state index contributed by atoms with van der Waals surface area (Å²) in [6.45, 7) is 5.13. The average Bonchev–Trinajstić information content (AvgIpc) is 3.49. The number of carboxylic acid groups (broad SMARTS) is 4. The van der Waals surface area contributed by atoms with E-state index in [9.17, 15) is 19.2 Å². The minimum Gasteiger partial charge on any atom is -0.497 e. The van der Waals surface area contributed by atoms with E-state index in [-0.39, 0.29) is 0 Å². The number of benzene rings is 4. The number of hydrogen-bond donors (Lipinski definition) is 4. The first-order chi connectivity index (χ1) is 25.9. The second-order valence-corrected chi connectivity index (χ2v) is 14.4. The Hall–Kier alpha value is -5.28. The van der Waals surface area contributed by atoms with Crippen molar-refractivity contribution in [3.05, 3.63) is 130 Å². The number of rotatable bonds is 10. The number of aromatic carboxylic acids is 2. The van der Waals surface area contributed by atoms with E-state index in [0.717, 1.165) is 73.4 Å². The minimum absolute atomic E-state index is 0.341. The number of nitrogens with zero attached hydrogens (tertiary/aromatic N) is 2. The molecular weight excluding hydrogens is 733 g/mol. The van der Waals surface area contributed by atoms with E-state index in [4.69, 9.17) is 29.9 Å². The van der Waals surface area contributed by atoms with Gasteiger partial charge in [-0.15, -0.1) is 23.5 Å². The molecule has 0 bridgehead atoms. The van der Waals surface area contributed by atoms with Crippen molar-refractivity contribution in [3.8, 4) is 11.5 Å². The first kappa shape index (κ1) is 41.5. The molecule has 54 heavy (non-hydrogen) atoms. The molecule has 12 nitrogen and oxygen atoms in total. The van der Waals surface area contributed by atoms with Crippen LogP contribution in [0.4, 0.5) is 0 Å². The van der Waals surface area contributed by atoms with Crippen molar-refractivity contribution < 1.29 is 49.1 Å². The zero-order valence-electron chi connectivity index (χ0n) is 29.8. The molecule has 4 N–H and O–H groups in total. The molecule has 2 heterocycles. The monoisotopic (exact) mass is 774 g/mol. The SMILES string of the molecule is COc1ccc2c(c1)CN(Cc1cccc(C(=O)O)c1)CCS2.COc1ccc2c(c1)CN(Cc1cccc(C(=O)O)c1)CCS2.O=C(O)/C=C/C(=O)O. The van der Waals surface area contributed by atoms with Crippen LogP contribution in [0.3, 0.4) is 0 Å². The predicted molar refractivity (Wildman–Crippen MR) is 207 cm³/mol. The third-order valence-electron chi connectivity index (χ3n) is 8.18. The van der Waals surface area contributed by atoms with Gasteiger partial charge in [-0.2, -0.15) is 0 Å². The minimum atomic E-state index is -1.26. The number of methoxy groups -OCH3 is 2. The third-order valence-corrected chi connectivity index (χ3v) is 10.4. The summed E-state index contributed by atoms with van der Waals surface area (Å²) < 4.78 is 10.6. The van der Waals surface area contributed by atoms with E-state index in [0.29, 0.717) is 23.3 Å². The largest absolute Gasteiger partial charge is 0.497 e. The number of carboxylic acids is 4. The highest BCUT2D eigenvalue weighted by molar-refractivity contribution is 7.99. The molecule has 4 aromatic carbocycles. The van der Waals surface area contributed by atoms with Crippen LogP contribution in [0.15, 0.2) is 107 Å². The molecule has 284 valence electrons. The molecule has 0 atom stereocenters. The molecule has 2 aliphatic rings. The molecular formula is C40H42N2O10S2. The maximum absolute atomic E-state index is 11.1. The van der Waals surface area contributed by atoms with Crippen molar-refractivity contribution in [1.82, 2.24) is 9.80 Å². The van der Waals surface area contributed by atoms with Gasteiger partial charge in [0.1, 0.15) is 11.5 Å². The summed E-state index contributed by atoms with van der Waals surface area (Å²) in [6, 6.07) is 26.8. The lowest BCUT2D eigenvalue weighted by Gasteiger charge is -2.20. The van der Waals surface area contributed by atoms with E-state index in [1.54, 1.807) is 38.5 Å². The standard InChI is InChI=1S/2C18H19NO3S.C4H4O4/c2*1-22-16-5-6-17-15(10-16)12-19(7-8-23-17)11-13-3-2-4-14(9-13)18(20)21;5-3(6)1-2-4(7)8/h2*2-6,9-10H,7-8,11-12H2,1H3,(H,20,21);1-2H,(H,5,6)(H,7,8)/b;;2-1+. The Morgan fingerprint density at radius 2 is 1.02 bits per heavy atom. The molecule has 0 aliphatic carbocycles. The van der Waals surface area contributed by atoms with Crippen molar-refractivity contribution in [2.24, 2.45) is 0 Å². The van der Waals surface area contributed by atoms with E-state index in [1.165, 1.54) is 20.9 Å². The van der Waals surface area contributed by atoms with Crippen LogP contribution in [-0.2, 0) is 35.8 Å². The lowest BCUT2D eigenvalue weighted by Crippen LogP contribution is -2.24. The molecule has 0 amide bonds. The first-order valence-electron chi connectivity index (χ1n) is 16.8. The van der Waals surface area contributed by atoms with Crippen LogP contribution in [0.5, 0.6) is 11.5 Å². The van der Waals surface area contributed by atoms with Crippen LogP contribution in [0.1, 0.15) is 43.0 Å². The number of fused-ring (bicyclic) bond motifs is 2. The van der Waals surface area contributed by atoms with Crippen molar-refractivity contribution >= 4 is 47.4 Å². The topological polar surface area (TPSA) is 174 Å². The zero-order valence-corrected chi connectivity index (χ0v) is 31.5. The van der Waals surface area contributed by atoms with Crippen molar-refractivity contribution in [2.75, 3.05) is 38.8 Å². The van der Waals surface area contributed by atoms with Crippen LogP contribution >= 0.6 is 23.5 Å². The molecule has 0 saturated heterocycles. The zero-order chi connectivity index (χ0) is 39.0. The predicted octanol–water partition coefficient (Wildman–Crippen LogP) is 6.71. The number of aliphatic carboxylic acids is 2. The average molecular weight is 775 g/mol. The van der Waals surface area contributed by atoms with E-state index < -0.39 is 23.9 Å². The molecule has 0 saturated carbocycles. The summed E-state index contributed by atoms with van der Waals surface area (Å²) in [5.41, 5.74) is 5.27. The lowest BCUT2D eigenvalue weighted by molar-refractivity contribution is -0.134. The molecule has 2 aliphatic heterocycles. The van der Waals surface area contributed by atoms with Gasteiger partial charge in [0, 0.05) is 72.7 Å². The second-order valence-electron chi connectivity index (χ2n) is 12.1. The highest BCUT2D eigenvalue weighted by atomic mass is 32.2. The van der Waals surface area contributed by atoms with Gasteiger partial charge in [-0.1, -0.05) is 24.3 Å². The van der Waals surface area contributed by atoms with Gasteiger partial charge < -0.3 is 29.9 Å². The molecule has 0 aromatic heterocycles. The Morgan fingerprint density at radius 1 is 0.611 bits per heavy atom. The normalized spacial score (nSPS) is 14.0. The summed E-state index contributed by atoms with van der Waals surface area (Å²) in [7, 11) is 3.36. The Balaban J connectivity index is 0.000000201. The second kappa shape index (κ2) is 20.8.